The molecule has 6 nitrogen and oxygen atoms in total. The van der Waals surface area contributed by atoms with E-state index in [2.05, 4.69) is 27.0 Å². The Morgan fingerprint density at radius 3 is 2.12 bits per heavy atom. The number of hydrogen-bond donors (Lipinski definition) is 0. The van der Waals surface area contributed by atoms with Crippen LogP contribution < -0.4 is 10.3 Å². The van der Waals surface area contributed by atoms with Gasteiger partial charge in [0, 0.05) is 62.9 Å². The SMILES string of the molecule is Cl.Cl.Cl.Cn1c(=O)ccc2cc(OCCCN(Cc3cccnc3)Cc3cccnc3)ccc21. The molecular formula is C25H29Cl3N4O2. The average Bonchev–Trinajstić information content (AvgIpc) is 2.80. The Hall–Kier alpha value is -2.64. The van der Waals surface area contributed by atoms with Crippen LogP contribution in [-0.4, -0.2) is 32.6 Å². The van der Waals surface area contributed by atoms with Gasteiger partial charge in [-0.3, -0.25) is 19.7 Å². The molecule has 0 aliphatic rings. The van der Waals surface area contributed by atoms with Gasteiger partial charge in [0.2, 0.25) is 0 Å². The Labute approximate surface area is 218 Å². The predicted octanol–water partition coefficient (Wildman–Crippen LogP) is 5.07. The second-order valence-electron chi connectivity index (χ2n) is 7.59. The van der Waals surface area contributed by atoms with Crippen LogP contribution in [0.3, 0.4) is 0 Å². The molecule has 0 spiro atoms. The van der Waals surface area contributed by atoms with Crippen molar-refractivity contribution in [1.29, 1.82) is 0 Å². The van der Waals surface area contributed by atoms with Crippen molar-refractivity contribution in [1.82, 2.24) is 19.4 Å². The van der Waals surface area contributed by atoms with E-state index in [9.17, 15) is 4.79 Å². The number of benzene rings is 1. The lowest BCUT2D eigenvalue weighted by atomic mass is 10.2. The van der Waals surface area contributed by atoms with Gasteiger partial charge in [0.25, 0.3) is 5.56 Å². The van der Waals surface area contributed by atoms with E-state index >= 15 is 0 Å². The highest BCUT2D eigenvalue weighted by atomic mass is 35.5. The van der Waals surface area contributed by atoms with Gasteiger partial charge >= 0.3 is 0 Å². The smallest absolute Gasteiger partial charge is 0.250 e. The number of ether oxygens (including phenoxy) is 1. The molecule has 0 radical (unpaired) electrons. The number of pyridine rings is 3. The highest BCUT2D eigenvalue weighted by Gasteiger charge is 2.08. The lowest BCUT2D eigenvalue weighted by Crippen LogP contribution is -2.25. The first kappa shape index (κ1) is 29.4. The van der Waals surface area contributed by atoms with E-state index in [1.165, 1.54) is 11.1 Å². The molecule has 0 saturated heterocycles. The molecule has 0 bridgehead atoms. The summed E-state index contributed by atoms with van der Waals surface area (Å²) in [5.74, 6) is 0.817. The van der Waals surface area contributed by atoms with Gasteiger partial charge in [-0.2, -0.15) is 0 Å². The molecule has 34 heavy (non-hydrogen) atoms. The Bertz CT molecular complexity index is 1150. The molecule has 0 N–H and O–H groups in total. The van der Waals surface area contributed by atoms with Crippen molar-refractivity contribution in [2.75, 3.05) is 13.2 Å². The van der Waals surface area contributed by atoms with Gasteiger partial charge in [-0.15, -0.1) is 37.2 Å². The predicted molar refractivity (Wildman–Crippen MR) is 144 cm³/mol. The standard InChI is InChI=1S/C25H26N4O2.3ClH/c1-28-24-9-8-23(15-22(24)7-10-25(28)30)31-14-4-13-29(18-20-5-2-11-26-16-20)19-21-6-3-12-27-17-21;;;/h2-3,5-12,15-17H,4,13-14,18-19H2,1H3;3*1H. The molecule has 4 aromatic rings. The number of fused-ring (bicyclic) bond motifs is 1. The third-order valence-corrected chi connectivity index (χ3v) is 5.24. The number of hydrogen-bond acceptors (Lipinski definition) is 5. The Morgan fingerprint density at radius 1 is 0.882 bits per heavy atom. The minimum absolute atomic E-state index is 0. The van der Waals surface area contributed by atoms with Gasteiger partial charge < -0.3 is 9.30 Å². The summed E-state index contributed by atoms with van der Waals surface area (Å²) >= 11 is 0. The fourth-order valence-corrected chi connectivity index (χ4v) is 3.64. The first-order valence-electron chi connectivity index (χ1n) is 10.4. The lowest BCUT2D eigenvalue weighted by Gasteiger charge is -2.22. The zero-order valence-electron chi connectivity index (χ0n) is 18.9. The fourth-order valence-electron chi connectivity index (χ4n) is 3.64. The Morgan fingerprint density at radius 2 is 1.53 bits per heavy atom. The third kappa shape index (κ3) is 7.99. The molecule has 0 fully saturated rings. The molecular weight excluding hydrogens is 495 g/mol. The molecule has 4 rings (SSSR count). The molecule has 0 atom stereocenters. The summed E-state index contributed by atoms with van der Waals surface area (Å²) in [5.41, 5.74) is 3.27. The van der Waals surface area contributed by atoms with Crippen molar-refractivity contribution >= 4 is 48.1 Å². The molecule has 3 heterocycles. The van der Waals surface area contributed by atoms with E-state index in [4.69, 9.17) is 4.74 Å². The van der Waals surface area contributed by atoms with Gasteiger partial charge in [-0.1, -0.05) is 12.1 Å². The molecule has 9 heteroatoms. The molecule has 0 unspecified atom stereocenters. The van der Waals surface area contributed by atoms with Crippen LogP contribution in [0.25, 0.3) is 10.9 Å². The molecule has 0 saturated carbocycles. The summed E-state index contributed by atoms with van der Waals surface area (Å²) in [4.78, 5) is 22.6. The molecule has 182 valence electrons. The zero-order chi connectivity index (χ0) is 21.5. The van der Waals surface area contributed by atoms with Crippen LogP contribution in [-0.2, 0) is 20.1 Å². The summed E-state index contributed by atoms with van der Waals surface area (Å²) < 4.78 is 7.64. The number of rotatable bonds is 9. The van der Waals surface area contributed by atoms with Crippen LogP contribution in [0.4, 0.5) is 0 Å². The zero-order valence-corrected chi connectivity index (χ0v) is 21.3. The highest BCUT2D eigenvalue weighted by Crippen LogP contribution is 2.19. The normalized spacial score (nSPS) is 10.2. The minimum Gasteiger partial charge on any atom is -0.494 e. The lowest BCUT2D eigenvalue weighted by molar-refractivity contribution is 0.221. The number of aromatic nitrogens is 3. The fraction of sp³-hybridized carbons (Fsp3) is 0.240. The van der Waals surface area contributed by atoms with E-state index in [0.717, 1.165) is 42.7 Å². The second-order valence-corrected chi connectivity index (χ2v) is 7.59. The monoisotopic (exact) mass is 522 g/mol. The first-order chi connectivity index (χ1) is 15.2. The molecule has 0 aliphatic carbocycles. The summed E-state index contributed by atoms with van der Waals surface area (Å²) in [6.07, 6.45) is 8.31. The second kappa shape index (κ2) is 14.6. The van der Waals surface area contributed by atoms with Crippen molar-refractivity contribution in [3.05, 3.63) is 101 Å². The van der Waals surface area contributed by atoms with Crippen molar-refractivity contribution in [3.63, 3.8) is 0 Å². The molecule has 3 aromatic heterocycles. The van der Waals surface area contributed by atoms with Crippen molar-refractivity contribution in [3.8, 4) is 5.75 Å². The van der Waals surface area contributed by atoms with Crippen LogP contribution in [0.15, 0.2) is 84.2 Å². The van der Waals surface area contributed by atoms with Crippen LogP contribution in [0, 0.1) is 0 Å². The quantitative estimate of drug-likeness (QED) is 0.287. The third-order valence-electron chi connectivity index (χ3n) is 5.24. The van der Waals surface area contributed by atoms with Crippen molar-refractivity contribution in [2.45, 2.75) is 19.5 Å². The van der Waals surface area contributed by atoms with E-state index in [1.807, 2.05) is 48.8 Å². The van der Waals surface area contributed by atoms with E-state index < -0.39 is 0 Å². The van der Waals surface area contributed by atoms with Crippen molar-refractivity contribution in [2.24, 2.45) is 7.05 Å². The van der Waals surface area contributed by atoms with Gasteiger partial charge in [-0.05, 0) is 53.9 Å². The minimum atomic E-state index is -0.0107. The Balaban J connectivity index is 0.00000193. The number of aryl methyl sites for hydroxylation is 1. The summed E-state index contributed by atoms with van der Waals surface area (Å²) in [6, 6.07) is 17.4. The average molecular weight is 524 g/mol. The Kier molecular flexibility index (Phi) is 12.6. The van der Waals surface area contributed by atoms with Crippen molar-refractivity contribution < 1.29 is 4.74 Å². The maximum absolute atomic E-state index is 11.8. The molecule has 0 aliphatic heterocycles. The van der Waals surface area contributed by atoms with Gasteiger partial charge in [-0.25, -0.2) is 0 Å². The largest absolute Gasteiger partial charge is 0.494 e. The van der Waals surface area contributed by atoms with E-state index in [1.54, 1.807) is 30.1 Å². The molecule has 0 amide bonds. The number of halogens is 3. The van der Waals surface area contributed by atoms with Gasteiger partial charge in [0.05, 0.1) is 12.1 Å². The molecule has 1 aromatic carbocycles. The number of nitrogens with zero attached hydrogens (tertiary/aromatic N) is 4. The van der Waals surface area contributed by atoms with E-state index in [0.29, 0.717) is 6.61 Å². The first-order valence-corrected chi connectivity index (χ1v) is 10.4. The van der Waals surface area contributed by atoms with Crippen LogP contribution >= 0.6 is 37.2 Å². The topological polar surface area (TPSA) is 60.2 Å². The maximum Gasteiger partial charge on any atom is 0.250 e. The summed E-state index contributed by atoms with van der Waals surface area (Å²) in [7, 11) is 1.78. The summed E-state index contributed by atoms with van der Waals surface area (Å²) in [5, 5.41) is 0.995. The summed E-state index contributed by atoms with van der Waals surface area (Å²) in [6.45, 7) is 3.17. The van der Waals surface area contributed by atoms with Gasteiger partial charge in [0.1, 0.15) is 5.75 Å². The van der Waals surface area contributed by atoms with Crippen LogP contribution in [0.1, 0.15) is 17.5 Å². The highest BCUT2D eigenvalue weighted by molar-refractivity contribution is 5.86. The van der Waals surface area contributed by atoms with Gasteiger partial charge in [0.15, 0.2) is 0 Å². The van der Waals surface area contributed by atoms with Crippen LogP contribution in [0.2, 0.25) is 0 Å². The van der Waals surface area contributed by atoms with E-state index in [-0.39, 0.29) is 42.8 Å². The maximum atomic E-state index is 11.8. The van der Waals surface area contributed by atoms with Crippen LogP contribution in [0.5, 0.6) is 5.75 Å².